The summed E-state index contributed by atoms with van der Waals surface area (Å²) in [6, 6.07) is 0.424. The summed E-state index contributed by atoms with van der Waals surface area (Å²) in [5.74, 6) is 0. The highest BCUT2D eigenvalue weighted by molar-refractivity contribution is 8.28. The molecule has 102 valence electrons. The van der Waals surface area contributed by atoms with Crippen LogP contribution in [0.5, 0.6) is 6.01 Å². The van der Waals surface area contributed by atoms with E-state index in [1.807, 2.05) is 17.5 Å². The molecule has 0 aliphatic carbocycles. The third-order valence-corrected chi connectivity index (χ3v) is 6.69. The summed E-state index contributed by atoms with van der Waals surface area (Å²) in [7, 11) is -2.98. The summed E-state index contributed by atoms with van der Waals surface area (Å²) < 4.78 is 5.80. The van der Waals surface area contributed by atoms with Crippen molar-refractivity contribution in [1.29, 1.82) is 0 Å². The molecular weight excluding hydrogens is 298 g/mol. The third kappa shape index (κ3) is 5.72. The quantitative estimate of drug-likeness (QED) is 0.609. The van der Waals surface area contributed by atoms with E-state index >= 15 is 0 Å². The van der Waals surface area contributed by atoms with Gasteiger partial charge in [-0.1, -0.05) is 24.7 Å². The van der Waals surface area contributed by atoms with Gasteiger partial charge in [-0.05, 0) is 25.9 Å². The highest BCUT2D eigenvalue weighted by atomic mass is 32.4. The van der Waals surface area contributed by atoms with E-state index in [1.165, 1.54) is 0 Å². The van der Waals surface area contributed by atoms with Gasteiger partial charge in [-0.15, -0.1) is 28.1 Å². The lowest BCUT2D eigenvalue weighted by Crippen LogP contribution is -2.30. The molecule has 18 heavy (non-hydrogen) atoms. The van der Waals surface area contributed by atoms with Crippen LogP contribution in [0.4, 0.5) is 0 Å². The fourth-order valence-electron chi connectivity index (χ4n) is 1.09. The molecule has 4 nitrogen and oxygen atoms in total. The number of aromatic nitrogens is 3. The standard InChI is InChI=1S/C10H21N3OS2Si2/c1-15-9-8(16-18(5,6)7)11-10(13-12-9)14-17(2,3)4/h1-7H3. The zero-order chi connectivity index (χ0) is 14.0. The second kappa shape index (κ2) is 5.93. The number of hydrogen-bond acceptors (Lipinski definition) is 6. The van der Waals surface area contributed by atoms with Crippen LogP contribution in [-0.2, 0) is 0 Å². The topological polar surface area (TPSA) is 47.9 Å². The van der Waals surface area contributed by atoms with Crippen molar-refractivity contribution in [2.75, 3.05) is 6.26 Å². The first-order valence-electron chi connectivity index (χ1n) is 5.77. The minimum atomic E-state index is -1.68. The molecular formula is C10H21N3OS2Si2. The minimum absolute atomic E-state index is 0.424. The first-order valence-corrected chi connectivity index (χ1v) is 15.4. The van der Waals surface area contributed by atoms with Gasteiger partial charge in [0.05, 0.1) is 0 Å². The molecule has 0 aliphatic heterocycles. The molecule has 1 aromatic rings. The highest BCUT2D eigenvalue weighted by Crippen LogP contribution is 2.33. The van der Waals surface area contributed by atoms with Crippen LogP contribution in [0, 0.1) is 0 Å². The average molecular weight is 320 g/mol. The fraction of sp³-hybridized carbons (Fsp3) is 0.700. The molecule has 0 saturated heterocycles. The molecule has 1 aromatic heterocycles. The maximum atomic E-state index is 5.80. The third-order valence-electron chi connectivity index (χ3n) is 1.60. The lowest BCUT2D eigenvalue weighted by Gasteiger charge is -2.19. The predicted molar refractivity (Wildman–Crippen MR) is 84.8 cm³/mol. The molecule has 0 atom stereocenters. The Kier molecular flexibility index (Phi) is 5.27. The predicted octanol–water partition coefficient (Wildman–Crippen LogP) is 3.73. The minimum Gasteiger partial charge on any atom is -0.517 e. The van der Waals surface area contributed by atoms with E-state index in [2.05, 4.69) is 54.5 Å². The largest absolute Gasteiger partial charge is 0.517 e. The van der Waals surface area contributed by atoms with Crippen molar-refractivity contribution < 1.29 is 4.43 Å². The van der Waals surface area contributed by atoms with Gasteiger partial charge < -0.3 is 4.43 Å². The molecule has 0 aromatic carbocycles. The second-order valence-corrected chi connectivity index (χ2v) is 20.2. The van der Waals surface area contributed by atoms with Crippen LogP contribution in [0.2, 0.25) is 39.3 Å². The van der Waals surface area contributed by atoms with Crippen LogP contribution in [0.25, 0.3) is 0 Å². The number of rotatable bonds is 5. The smallest absolute Gasteiger partial charge is 0.322 e. The first kappa shape index (κ1) is 16.0. The molecule has 8 heteroatoms. The van der Waals surface area contributed by atoms with Crippen LogP contribution in [0.3, 0.4) is 0 Å². The lowest BCUT2D eigenvalue weighted by molar-refractivity contribution is 0.481. The Bertz CT molecular complexity index is 419. The molecule has 0 radical (unpaired) electrons. The first-order chi connectivity index (χ1) is 8.11. The summed E-state index contributed by atoms with van der Waals surface area (Å²) in [6.07, 6.45) is 2.00. The lowest BCUT2D eigenvalue weighted by atomic mass is 10.9. The van der Waals surface area contributed by atoms with Crippen molar-refractivity contribution in [3.05, 3.63) is 0 Å². The molecule has 0 fully saturated rings. The Morgan fingerprint density at radius 3 is 2.00 bits per heavy atom. The van der Waals surface area contributed by atoms with Crippen molar-refractivity contribution in [2.45, 2.75) is 49.3 Å². The van der Waals surface area contributed by atoms with Crippen LogP contribution in [-0.4, -0.2) is 37.0 Å². The van der Waals surface area contributed by atoms with Gasteiger partial charge in [0.25, 0.3) is 0 Å². The van der Waals surface area contributed by atoms with Crippen molar-refractivity contribution in [1.82, 2.24) is 15.2 Å². The molecule has 0 unspecified atom stereocenters. The van der Waals surface area contributed by atoms with Gasteiger partial charge >= 0.3 is 6.01 Å². The van der Waals surface area contributed by atoms with Gasteiger partial charge in [0, 0.05) is 0 Å². The second-order valence-electron chi connectivity index (χ2n) is 5.84. The maximum Gasteiger partial charge on any atom is 0.322 e. The number of nitrogens with zero attached hydrogens (tertiary/aromatic N) is 3. The van der Waals surface area contributed by atoms with Crippen molar-refractivity contribution >= 4 is 38.5 Å². The Labute approximate surface area is 120 Å². The average Bonchev–Trinajstić information content (AvgIpc) is 2.12. The maximum absolute atomic E-state index is 5.80. The number of thioether (sulfide) groups is 1. The normalized spacial score (nSPS) is 12.6. The molecule has 1 rings (SSSR count). The summed E-state index contributed by atoms with van der Waals surface area (Å²) in [5, 5.41) is 10.1. The molecule has 1 heterocycles. The molecule has 0 N–H and O–H groups in total. The van der Waals surface area contributed by atoms with Gasteiger partial charge in [0.15, 0.2) is 5.03 Å². The van der Waals surface area contributed by atoms with Gasteiger partial charge in [0.1, 0.15) is 12.2 Å². The zero-order valence-corrected chi connectivity index (χ0v) is 15.7. The van der Waals surface area contributed by atoms with Crippen molar-refractivity contribution in [3.63, 3.8) is 0 Å². The molecule has 0 spiro atoms. The molecule has 0 saturated carbocycles. The van der Waals surface area contributed by atoms with E-state index < -0.39 is 15.5 Å². The summed E-state index contributed by atoms with van der Waals surface area (Å²) >= 11 is 3.42. The van der Waals surface area contributed by atoms with E-state index in [0.29, 0.717) is 6.01 Å². The van der Waals surface area contributed by atoms with Crippen LogP contribution in [0.1, 0.15) is 0 Å². The Hall–Kier alpha value is -0.0562. The van der Waals surface area contributed by atoms with Crippen LogP contribution >= 0.6 is 23.0 Å². The van der Waals surface area contributed by atoms with Crippen molar-refractivity contribution in [3.8, 4) is 6.01 Å². The van der Waals surface area contributed by atoms with E-state index in [4.69, 9.17) is 4.43 Å². The Balaban J connectivity index is 3.02. The van der Waals surface area contributed by atoms with Gasteiger partial charge in [-0.25, -0.2) is 0 Å². The van der Waals surface area contributed by atoms with Crippen molar-refractivity contribution in [2.24, 2.45) is 0 Å². The molecule has 0 bridgehead atoms. The zero-order valence-electron chi connectivity index (χ0n) is 12.1. The number of hydrogen-bond donors (Lipinski definition) is 0. The van der Waals surface area contributed by atoms with E-state index in [1.54, 1.807) is 11.8 Å². The molecule has 0 amide bonds. The summed E-state index contributed by atoms with van der Waals surface area (Å²) in [6.45, 7) is 13.2. The van der Waals surface area contributed by atoms with E-state index in [-0.39, 0.29) is 0 Å². The van der Waals surface area contributed by atoms with Gasteiger partial charge in [-0.3, -0.25) is 0 Å². The summed E-state index contributed by atoms with van der Waals surface area (Å²) in [4.78, 5) is 4.53. The Morgan fingerprint density at radius 1 is 0.944 bits per heavy atom. The monoisotopic (exact) mass is 319 g/mol. The Morgan fingerprint density at radius 2 is 1.56 bits per heavy atom. The summed E-state index contributed by atoms with van der Waals surface area (Å²) in [5.41, 5.74) is 0. The van der Waals surface area contributed by atoms with E-state index in [0.717, 1.165) is 10.1 Å². The van der Waals surface area contributed by atoms with E-state index in [9.17, 15) is 0 Å². The van der Waals surface area contributed by atoms with Crippen LogP contribution < -0.4 is 4.43 Å². The highest BCUT2D eigenvalue weighted by Gasteiger charge is 2.23. The van der Waals surface area contributed by atoms with Gasteiger partial charge in [-0.2, -0.15) is 4.98 Å². The SMILES string of the molecule is CSc1nnc(O[Si](C)(C)C)nc1S[Si](C)(C)C. The molecule has 0 aliphatic rings. The fourth-order valence-corrected chi connectivity index (χ4v) is 5.66. The van der Waals surface area contributed by atoms with Crippen LogP contribution in [0.15, 0.2) is 10.1 Å². The van der Waals surface area contributed by atoms with Gasteiger partial charge in [0.2, 0.25) is 8.32 Å².